The molecule has 19 heavy (non-hydrogen) atoms. The van der Waals surface area contributed by atoms with Crippen LogP contribution in [-0.2, 0) is 0 Å². The second-order valence-corrected chi connectivity index (χ2v) is 5.12. The Morgan fingerprint density at radius 1 is 1.16 bits per heavy atom. The monoisotopic (exact) mass is 277 g/mol. The van der Waals surface area contributed by atoms with E-state index in [9.17, 15) is 0 Å². The van der Waals surface area contributed by atoms with Crippen LogP contribution in [0.4, 0.5) is 10.8 Å². The van der Waals surface area contributed by atoms with Gasteiger partial charge in [0.05, 0.1) is 5.56 Å². The molecule has 0 bridgehead atoms. The second kappa shape index (κ2) is 7.11. The minimum Gasteiger partial charge on any atom is -0.396 e. The Hall–Kier alpha value is -1.59. The van der Waals surface area contributed by atoms with Crippen molar-refractivity contribution in [2.75, 3.05) is 24.2 Å². The average molecular weight is 277 g/mol. The zero-order valence-electron chi connectivity index (χ0n) is 10.8. The number of aromatic nitrogens is 1. The Labute approximate surface area is 117 Å². The van der Waals surface area contributed by atoms with E-state index in [0.717, 1.165) is 41.9 Å². The molecule has 1 aromatic heterocycles. The Bertz CT molecular complexity index is 499. The molecule has 0 saturated heterocycles. The van der Waals surface area contributed by atoms with Gasteiger partial charge in [-0.1, -0.05) is 30.3 Å². The molecule has 0 fully saturated rings. The number of nitrogens with two attached hydrogens (primary N) is 1. The van der Waals surface area contributed by atoms with Crippen LogP contribution in [0.5, 0.6) is 0 Å². The van der Waals surface area contributed by atoms with Crippen LogP contribution in [0.2, 0.25) is 0 Å². The van der Waals surface area contributed by atoms with Gasteiger partial charge in [0, 0.05) is 13.2 Å². The molecule has 4 N–H and O–H groups in total. The van der Waals surface area contributed by atoms with Crippen LogP contribution in [0.3, 0.4) is 0 Å². The smallest absolute Gasteiger partial charge is 0.147 e. The first-order valence-corrected chi connectivity index (χ1v) is 7.25. The summed E-state index contributed by atoms with van der Waals surface area (Å²) in [5, 5.41) is 13.1. The summed E-state index contributed by atoms with van der Waals surface area (Å²) in [4.78, 5) is 0. The number of aliphatic hydroxyl groups excluding tert-OH is 1. The zero-order chi connectivity index (χ0) is 13.5. The number of rotatable bonds is 7. The van der Waals surface area contributed by atoms with Crippen LogP contribution in [-0.4, -0.2) is 22.6 Å². The Morgan fingerprint density at radius 2 is 1.95 bits per heavy atom. The van der Waals surface area contributed by atoms with Crippen molar-refractivity contribution in [2.24, 2.45) is 0 Å². The lowest BCUT2D eigenvalue weighted by Crippen LogP contribution is -2.01. The van der Waals surface area contributed by atoms with Crippen molar-refractivity contribution in [3.63, 3.8) is 0 Å². The molecule has 2 aromatic rings. The maximum Gasteiger partial charge on any atom is 0.147 e. The maximum atomic E-state index is 8.73. The molecule has 102 valence electrons. The molecule has 0 saturated carbocycles. The fraction of sp³-hybridized carbons (Fsp3) is 0.357. The van der Waals surface area contributed by atoms with Gasteiger partial charge in [-0.2, -0.15) is 4.37 Å². The van der Waals surface area contributed by atoms with Gasteiger partial charge in [0.2, 0.25) is 0 Å². The van der Waals surface area contributed by atoms with Gasteiger partial charge in [-0.15, -0.1) is 0 Å². The summed E-state index contributed by atoms with van der Waals surface area (Å²) in [5.41, 5.74) is 8.03. The normalized spacial score (nSPS) is 10.6. The number of aliphatic hydroxyl groups is 1. The van der Waals surface area contributed by atoms with Crippen LogP contribution < -0.4 is 11.1 Å². The molecule has 0 radical (unpaired) electrons. The average Bonchev–Trinajstić information content (AvgIpc) is 2.81. The van der Waals surface area contributed by atoms with E-state index < -0.39 is 0 Å². The molecular weight excluding hydrogens is 258 g/mol. The molecule has 0 unspecified atom stereocenters. The molecule has 2 rings (SSSR count). The summed E-state index contributed by atoms with van der Waals surface area (Å²) in [7, 11) is 0. The zero-order valence-corrected chi connectivity index (χ0v) is 11.6. The van der Waals surface area contributed by atoms with Gasteiger partial charge in [0.1, 0.15) is 10.8 Å². The summed E-state index contributed by atoms with van der Waals surface area (Å²) in [5.74, 6) is 0.578. The number of nitrogen functional groups attached to an aromatic ring is 1. The van der Waals surface area contributed by atoms with Gasteiger partial charge >= 0.3 is 0 Å². The molecule has 0 atom stereocenters. The molecule has 0 spiro atoms. The van der Waals surface area contributed by atoms with E-state index in [0.29, 0.717) is 5.82 Å². The highest BCUT2D eigenvalue weighted by Gasteiger charge is 2.12. The molecule has 1 heterocycles. The highest BCUT2D eigenvalue weighted by molar-refractivity contribution is 7.11. The van der Waals surface area contributed by atoms with E-state index in [1.165, 1.54) is 11.5 Å². The lowest BCUT2D eigenvalue weighted by molar-refractivity contribution is 0.283. The fourth-order valence-corrected chi connectivity index (χ4v) is 2.68. The van der Waals surface area contributed by atoms with Crippen molar-refractivity contribution < 1.29 is 5.11 Å². The SMILES string of the molecule is Nc1nsc(NCCCCCO)c1-c1ccccc1. The van der Waals surface area contributed by atoms with Crippen molar-refractivity contribution in [1.82, 2.24) is 4.37 Å². The molecule has 0 amide bonds. The minimum absolute atomic E-state index is 0.267. The number of unbranched alkanes of at least 4 members (excludes halogenated alkanes) is 2. The number of nitrogens with zero attached hydrogens (tertiary/aromatic N) is 1. The Kier molecular flexibility index (Phi) is 5.18. The topological polar surface area (TPSA) is 71.2 Å². The first-order chi connectivity index (χ1) is 9.33. The van der Waals surface area contributed by atoms with Gasteiger partial charge < -0.3 is 16.2 Å². The number of nitrogens with one attached hydrogen (secondary N) is 1. The maximum absolute atomic E-state index is 8.73. The third-order valence-electron chi connectivity index (χ3n) is 2.90. The summed E-state index contributed by atoms with van der Waals surface area (Å²) >= 11 is 1.40. The van der Waals surface area contributed by atoms with Gasteiger partial charge in [-0.25, -0.2) is 0 Å². The van der Waals surface area contributed by atoms with Gasteiger partial charge in [0.15, 0.2) is 0 Å². The lowest BCUT2D eigenvalue weighted by Gasteiger charge is -2.07. The largest absolute Gasteiger partial charge is 0.396 e. The fourth-order valence-electron chi connectivity index (χ4n) is 1.92. The van der Waals surface area contributed by atoms with Crippen LogP contribution in [0, 0.1) is 0 Å². The molecule has 1 aromatic carbocycles. The number of anilines is 2. The quantitative estimate of drug-likeness (QED) is 0.680. The summed E-state index contributed by atoms with van der Waals surface area (Å²) in [6.07, 6.45) is 2.92. The molecule has 0 aliphatic rings. The number of hydrogen-bond donors (Lipinski definition) is 3. The molecule has 5 heteroatoms. The molecule has 4 nitrogen and oxygen atoms in total. The van der Waals surface area contributed by atoms with Gasteiger partial charge in [-0.3, -0.25) is 0 Å². The van der Waals surface area contributed by atoms with Crippen molar-refractivity contribution in [3.05, 3.63) is 30.3 Å². The second-order valence-electron chi connectivity index (χ2n) is 4.35. The summed E-state index contributed by atoms with van der Waals surface area (Å²) in [6.45, 7) is 1.14. The van der Waals surface area contributed by atoms with E-state index in [-0.39, 0.29) is 6.61 Å². The number of benzene rings is 1. The van der Waals surface area contributed by atoms with Crippen LogP contribution >= 0.6 is 11.5 Å². The van der Waals surface area contributed by atoms with Crippen molar-refractivity contribution in [2.45, 2.75) is 19.3 Å². The molecule has 0 aliphatic heterocycles. The summed E-state index contributed by atoms with van der Waals surface area (Å²) in [6, 6.07) is 10.1. The first-order valence-electron chi connectivity index (χ1n) is 6.48. The third-order valence-corrected chi connectivity index (χ3v) is 3.72. The van der Waals surface area contributed by atoms with E-state index >= 15 is 0 Å². The van der Waals surface area contributed by atoms with Crippen LogP contribution in [0.15, 0.2) is 30.3 Å². The predicted octanol–water partition coefficient (Wildman–Crippen LogP) is 2.97. The van der Waals surface area contributed by atoms with Crippen molar-refractivity contribution >= 4 is 22.4 Å². The predicted molar refractivity (Wildman–Crippen MR) is 81.4 cm³/mol. The summed E-state index contributed by atoms with van der Waals surface area (Å²) < 4.78 is 4.22. The van der Waals surface area contributed by atoms with E-state index in [1.807, 2.05) is 30.3 Å². The highest BCUT2D eigenvalue weighted by Crippen LogP contribution is 2.36. The van der Waals surface area contributed by atoms with E-state index in [1.54, 1.807) is 0 Å². The van der Waals surface area contributed by atoms with Gasteiger partial charge in [0.25, 0.3) is 0 Å². The van der Waals surface area contributed by atoms with Crippen molar-refractivity contribution in [1.29, 1.82) is 0 Å². The van der Waals surface area contributed by atoms with Crippen molar-refractivity contribution in [3.8, 4) is 11.1 Å². The number of hydrogen-bond acceptors (Lipinski definition) is 5. The molecule has 0 aliphatic carbocycles. The van der Waals surface area contributed by atoms with Crippen LogP contribution in [0.1, 0.15) is 19.3 Å². The lowest BCUT2D eigenvalue weighted by atomic mass is 10.1. The van der Waals surface area contributed by atoms with E-state index in [2.05, 4.69) is 9.69 Å². The molecular formula is C14H19N3OS. The Morgan fingerprint density at radius 3 is 2.68 bits per heavy atom. The minimum atomic E-state index is 0.267. The Balaban J connectivity index is 2.02. The van der Waals surface area contributed by atoms with Crippen LogP contribution in [0.25, 0.3) is 11.1 Å². The standard InChI is InChI=1S/C14H19N3OS/c15-13-12(11-7-3-1-4-8-11)14(19-17-13)16-9-5-2-6-10-18/h1,3-4,7-8,16,18H,2,5-6,9-10H2,(H2,15,17). The van der Waals surface area contributed by atoms with Gasteiger partial charge in [-0.05, 0) is 36.4 Å². The van der Waals surface area contributed by atoms with E-state index in [4.69, 9.17) is 10.8 Å². The first kappa shape index (κ1) is 13.8. The third kappa shape index (κ3) is 3.68. The highest BCUT2D eigenvalue weighted by atomic mass is 32.1.